The van der Waals surface area contributed by atoms with Crippen LogP contribution in [0, 0.1) is 0 Å². The zero-order valence-corrected chi connectivity index (χ0v) is 49.9. The van der Waals surface area contributed by atoms with Gasteiger partial charge in [-0.2, -0.15) is 0 Å². The Morgan fingerprint density at radius 3 is 0.792 bits per heavy atom. The van der Waals surface area contributed by atoms with Gasteiger partial charge in [0.1, 0.15) is 13.2 Å². The van der Waals surface area contributed by atoms with Crippen LogP contribution in [0.2, 0.25) is 0 Å². The van der Waals surface area contributed by atoms with Gasteiger partial charge >= 0.3 is 17.9 Å². The van der Waals surface area contributed by atoms with Crippen molar-refractivity contribution in [2.75, 3.05) is 13.2 Å². The van der Waals surface area contributed by atoms with Crippen LogP contribution in [0.5, 0.6) is 0 Å². The summed E-state index contributed by atoms with van der Waals surface area (Å²) < 4.78 is 16.8. The first-order chi connectivity index (χ1) is 38.0. The van der Waals surface area contributed by atoms with E-state index in [1.807, 2.05) is 0 Å². The maximum atomic E-state index is 12.8. The molecule has 0 aromatic rings. The Morgan fingerprint density at radius 1 is 0.273 bits per heavy atom. The molecule has 1 atom stereocenters. The third-order valence-corrected chi connectivity index (χ3v) is 13.2. The van der Waals surface area contributed by atoms with Crippen molar-refractivity contribution in [3.63, 3.8) is 0 Å². The van der Waals surface area contributed by atoms with E-state index in [9.17, 15) is 14.4 Å². The molecule has 0 amide bonds. The van der Waals surface area contributed by atoms with Crippen molar-refractivity contribution < 1.29 is 28.6 Å². The molecular weight excluding hydrogens is 949 g/mol. The fraction of sp³-hybridized carbons (Fsp3) is 0.648. The van der Waals surface area contributed by atoms with Crippen LogP contribution in [-0.4, -0.2) is 37.2 Å². The summed E-state index contributed by atoms with van der Waals surface area (Å²) in [4.78, 5) is 37.9. The highest BCUT2D eigenvalue weighted by atomic mass is 16.6. The minimum Gasteiger partial charge on any atom is -0.462 e. The lowest BCUT2D eigenvalue weighted by molar-refractivity contribution is -0.167. The summed E-state index contributed by atoms with van der Waals surface area (Å²) in [5, 5.41) is 0. The Morgan fingerprint density at radius 2 is 0.506 bits per heavy atom. The lowest BCUT2D eigenvalue weighted by Crippen LogP contribution is -2.30. The summed E-state index contributed by atoms with van der Waals surface area (Å²) in [6, 6.07) is 0. The molecule has 77 heavy (non-hydrogen) atoms. The molecule has 0 aliphatic rings. The van der Waals surface area contributed by atoms with Crippen LogP contribution in [0.4, 0.5) is 0 Å². The number of rotatable bonds is 56. The van der Waals surface area contributed by atoms with Crippen molar-refractivity contribution in [2.24, 2.45) is 0 Å². The van der Waals surface area contributed by atoms with Gasteiger partial charge in [-0.3, -0.25) is 14.4 Å². The Labute approximate surface area is 475 Å². The quantitative estimate of drug-likeness (QED) is 0.0261. The number of hydrogen-bond donors (Lipinski definition) is 0. The molecule has 0 N–H and O–H groups in total. The van der Waals surface area contributed by atoms with Crippen molar-refractivity contribution in [3.05, 3.63) is 134 Å². The summed E-state index contributed by atoms with van der Waals surface area (Å²) in [5.41, 5.74) is 0. The van der Waals surface area contributed by atoms with E-state index >= 15 is 0 Å². The highest BCUT2D eigenvalue weighted by Gasteiger charge is 2.19. The summed E-state index contributed by atoms with van der Waals surface area (Å²) in [7, 11) is 0. The van der Waals surface area contributed by atoms with Crippen LogP contribution >= 0.6 is 0 Å². The van der Waals surface area contributed by atoms with Crippen molar-refractivity contribution in [3.8, 4) is 0 Å². The molecular formula is C71H116O6. The number of carbonyl (C=O) groups excluding carboxylic acids is 3. The molecule has 6 heteroatoms. The SMILES string of the molecule is CC/C=C\C/C=C\C/C=C\C/C=C\C/C=C\C/C=C\C/C=C\CCCCCCCCCC(=O)OCC(COC(=O)CCCCCCC)OC(=O)CCCCCCCCCCCCCC/C=C\C/C=C\C/C=C\C/C=C\CC. The second-order valence-corrected chi connectivity index (χ2v) is 20.6. The van der Waals surface area contributed by atoms with E-state index in [0.29, 0.717) is 19.3 Å². The molecule has 6 nitrogen and oxygen atoms in total. The fourth-order valence-corrected chi connectivity index (χ4v) is 8.47. The van der Waals surface area contributed by atoms with Gasteiger partial charge in [-0.25, -0.2) is 0 Å². The largest absolute Gasteiger partial charge is 0.462 e. The number of ether oxygens (including phenoxy) is 3. The predicted octanol–water partition coefficient (Wildman–Crippen LogP) is 21.8. The Bertz CT molecular complexity index is 1650. The molecule has 0 rings (SSSR count). The van der Waals surface area contributed by atoms with E-state index in [1.54, 1.807) is 0 Å². The molecule has 0 aromatic carbocycles. The molecule has 0 fully saturated rings. The molecule has 0 spiro atoms. The first-order valence-electron chi connectivity index (χ1n) is 31.7. The number of hydrogen-bond acceptors (Lipinski definition) is 6. The fourth-order valence-electron chi connectivity index (χ4n) is 8.47. The number of esters is 3. The molecule has 0 aliphatic heterocycles. The Kier molecular flexibility index (Phi) is 60.4. The van der Waals surface area contributed by atoms with Gasteiger partial charge in [0.25, 0.3) is 0 Å². The van der Waals surface area contributed by atoms with Gasteiger partial charge in [-0.05, 0) is 116 Å². The van der Waals surface area contributed by atoms with Crippen molar-refractivity contribution >= 4 is 17.9 Å². The van der Waals surface area contributed by atoms with E-state index in [0.717, 1.165) is 141 Å². The Hall–Kier alpha value is -4.45. The van der Waals surface area contributed by atoms with E-state index in [4.69, 9.17) is 14.2 Å². The number of allylic oxidation sites excluding steroid dienone is 22. The van der Waals surface area contributed by atoms with Crippen LogP contribution in [0.25, 0.3) is 0 Å². The average molecular weight is 1070 g/mol. The molecule has 0 heterocycles. The van der Waals surface area contributed by atoms with Crippen LogP contribution in [0.15, 0.2) is 134 Å². The first-order valence-corrected chi connectivity index (χ1v) is 31.7. The topological polar surface area (TPSA) is 78.9 Å². The molecule has 0 radical (unpaired) electrons. The predicted molar refractivity (Wildman–Crippen MR) is 334 cm³/mol. The third kappa shape index (κ3) is 62.3. The van der Waals surface area contributed by atoms with E-state index in [-0.39, 0.29) is 31.1 Å². The van der Waals surface area contributed by atoms with Crippen LogP contribution in [0.3, 0.4) is 0 Å². The van der Waals surface area contributed by atoms with E-state index in [2.05, 4.69) is 154 Å². The van der Waals surface area contributed by atoms with Crippen LogP contribution in [0.1, 0.15) is 278 Å². The average Bonchev–Trinajstić information content (AvgIpc) is 3.43. The highest BCUT2D eigenvalue weighted by Crippen LogP contribution is 2.15. The van der Waals surface area contributed by atoms with Crippen molar-refractivity contribution in [2.45, 2.75) is 284 Å². The Balaban J connectivity index is 4.11. The zero-order valence-electron chi connectivity index (χ0n) is 49.9. The molecule has 0 saturated heterocycles. The summed E-state index contributed by atoms with van der Waals surface area (Å²) in [6.07, 6.45) is 90.7. The zero-order chi connectivity index (χ0) is 55.7. The lowest BCUT2D eigenvalue weighted by Gasteiger charge is -2.18. The maximum Gasteiger partial charge on any atom is 0.306 e. The van der Waals surface area contributed by atoms with Crippen molar-refractivity contribution in [1.29, 1.82) is 0 Å². The van der Waals surface area contributed by atoms with E-state index < -0.39 is 6.10 Å². The molecule has 436 valence electrons. The molecule has 1 unspecified atom stereocenters. The second-order valence-electron chi connectivity index (χ2n) is 20.6. The highest BCUT2D eigenvalue weighted by molar-refractivity contribution is 5.71. The van der Waals surface area contributed by atoms with Gasteiger partial charge in [0.05, 0.1) is 0 Å². The lowest BCUT2D eigenvalue weighted by atomic mass is 10.0. The number of carbonyl (C=O) groups is 3. The standard InChI is InChI=1S/C71H116O6/c1-4-7-10-13-15-17-19-21-23-25-27-29-31-33-34-35-36-38-39-41-43-45-47-49-51-53-55-58-61-64-70(73)76-67-68(66-75-69(72)63-60-57-12-9-6-3)77-71(74)65-62-59-56-54-52-50-48-46-44-42-40-37-32-30-28-26-24-22-20-18-16-14-11-8-5-2/h7-8,10-11,15-18,21-24,27-30,33-34,36,38,41,43,68H,4-6,9,12-14,19-20,25-26,31-32,35,37,39-40,42,44-67H2,1-3H3/b10-7-,11-8-,17-15-,18-16-,23-21-,24-22-,29-27-,30-28-,34-33-,38-36-,43-41-. The molecule has 0 aromatic heterocycles. The molecule has 0 aliphatic carbocycles. The maximum absolute atomic E-state index is 12.8. The summed E-state index contributed by atoms with van der Waals surface area (Å²) in [5.74, 6) is -0.912. The first kappa shape index (κ1) is 72.5. The minimum atomic E-state index is -0.785. The van der Waals surface area contributed by atoms with Gasteiger partial charge in [0.2, 0.25) is 0 Å². The van der Waals surface area contributed by atoms with Crippen molar-refractivity contribution in [1.82, 2.24) is 0 Å². The van der Waals surface area contributed by atoms with Gasteiger partial charge < -0.3 is 14.2 Å². The van der Waals surface area contributed by atoms with Gasteiger partial charge in [-0.1, -0.05) is 276 Å². The number of unbranched alkanes of at least 4 members (excludes halogenated alkanes) is 23. The van der Waals surface area contributed by atoms with Gasteiger partial charge in [0.15, 0.2) is 6.10 Å². The normalized spacial score (nSPS) is 13.0. The third-order valence-electron chi connectivity index (χ3n) is 13.2. The molecule has 0 saturated carbocycles. The monoisotopic (exact) mass is 1060 g/mol. The minimum absolute atomic E-state index is 0.0852. The van der Waals surface area contributed by atoms with Gasteiger partial charge in [0, 0.05) is 19.3 Å². The summed E-state index contributed by atoms with van der Waals surface area (Å²) in [6.45, 7) is 6.32. The van der Waals surface area contributed by atoms with Gasteiger partial charge in [-0.15, -0.1) is 0 Å². The van der Waals surface area contributed by atoms with E-state index in [1.165, 1.54) is 96.3 Å². The summed E-state index contributed by atoms with van der Waals surface area (Å²) >= 11 is 0. The smallest absolute Gasteiger partial charge is 0.306 e. The van der Waals surface area contributed by atoms with Crippen LogP contribution < -0.4 is 0 Å². The van der Waals surface area contributed by atoms with Crippen LogP contribution in [-0.2, 0) is 28.6 Å². The second kappa shape index (κ2) is 64.1. The molecule has 0 bridgehead atoms.